The Labute approximate surface area is 203 Å². The Bertz CT molecular complexity index is 671. The fourth-order valence-corrected chi connectivity index (χ4v) is 4.37. The van der Waals surface area contributed by atoms with E-state index >= 15 is 0 Å². The maximum Gasteiger partial charge on any atom is 0.191 e. The molecule has 0 aromatic carbocycles. The van der Waals surface area contributed by atoms with Gasteiger partial charge >= 0.3 is 0 Å². The SMILES string of the molecule is CN=C(NCC(CC(C)C)N1CCOCC1)NC1CCN(c2ncccc2Cl)C1.I. The van der Waals surface area contributed by atoms with E-state index in [1.165, 1.54) is 6.42 Å². The van der Waals surface area contributed by atoms with Crippen molar-refractivity contribution in [2.24, 2.45) is 10.9 Å². The van der Waals surface area contributed by atoms with Gasteiger partial charge in [-0.1, -0.05) is 25.4 Å². The number of pyridine rings is 1. The molecule has 0 radical (unpaired) electrons. The van der Waals surface area contributed by atoms with E-state index in [0.717, 1.165) is 64.1 Å². The first-order chi connectivity index (χ1) is 14.1. The first kappa shape index (κ1) is 25.4. The van der Waals surface area contributed by atoms with Crippen molar-refractivity contribution in [2.75, 3.05) is 57.9 Å². The maximum absolute atomic E-state index is 6.31. The van der Waals surface area contributed by atoms with Crippen LogP contribution < -0.4 is 15.5 Å². The number of nitrogens with zero attached hydrogens (tertiary/aromatic N) is 4. The van der Waals surface area contributed by atoms with Crippen LogP contribution in [0.25, 0.3) is 0 Å². The predicted octanol–water partition coefficient (Wildman–Crippen LogP) is 2.84. The molecule has 2 N–H and O–H groups in total. The molecule has 30 heavy (non-hydrogen) atoms. The van der Waals surface area contributed by atoms with Crippen LogP contribution in [-0.2, 0) is 4.74 Å². The van der Waals surface area contributed by atoms with Gasteiger partial charge in [-0.3, -0.25) is 9.89 Å². The molecule has 0 spiro atoms. The Morgan fingerprint density at radius 3 is 2.77 bits per heavy atom. The second kappa shape index (κ2) is 12.9. The van der Waals surface area contributed by atoms with E-state index in [4.69, 9.17) is 16.3 Å². The van der Waals surface area contributed by atoms with Gasteiger partial charge in [-0.05, 0) is 30.9 Å². The average molecular weight is 551 g/mol. The van der Waals surface area contributed by atoms with Crippen molar-refractivity contribution in [3.8, 4) is 0 Å². The van der Waals surface area contributed by atoms with Crippen molar-refractivity contribution < 1.29 is 4.74 Å². The van der Waals surface area contributed by atoms with Crippen molar-refractivity contribution in [1.82, 2.24) is 20.5 Å². The molecular formula is C21H36ClIN6O. The van der Waals surface area contributed by atoms with Crippen LogP contribution >= 0.6 is 35.6 Å². The van der Waals surface area contributed by atoms with Crippen LogP contribution in [0.2, 0.25) is 5.02 Å². The highest BCUT2D eigenvalue weighted by molar-refractivity contribution is 14.0. The average Bonchev–Trinajstić information content (AvgIpc) is 3.19. The number of morpholine rings is 1. The lowest BCUT2D eigenvalue weighted by atomic mass is 10.0. The van der Waals surface area contributed by atoms with Crippen LogP contribution in [0.15, 0.2) is 23.3 Å². The van der Waals surface area contributed by atoms with Crippen LogP contribution in [0.3, 0.4) is 0 Å². The van der Waals surface area contributed by atoms with Crippen LogP contribution in [-0.4, -0.2) is 80.9 Å². The van der Waals surface area contributed by atoms with Crippen molar-refractivity contribution in [2.45, 2.75) is 38.8 Å². The van der Waals surface area contributed by atoms with Gasteiger partial charge in [0.1, 0.15) is 5.82 Å². The number of nitrogens with one attached hydrogen (secondary N) is 2. The number of anilines is 1. The molecule has 2 saturated heterocycles. The minimum absolute atomic E-state index is 0. The molecule has 170 valence electrons. The Balaban J connectivity index is 0.00000320. The summed E-state index contributed by atoms with van der Waals surface area (Å²) in [7, 11) is 1.84. The number of ether oxygens (including phenoxy) is 1. The molecule has 3 rings (SSSR count). The number of guanidine groups is 1. The number of hydrogen-bond donors (Lipinski definition) is 2. The van der Waals surface area contributed by atoms with E-state index in [2.05, 4.69) is 44.3 Å². The van der Waals surface area contributed by atoms with Crippen LogP contribution in [0.1, 0.15) is 26.7 Å². The van der Waals surface area contributed by atoms with E-state index < -0.39 is 0 Å². The highest BCUT2D eigenvalue weighted by Crippen LogP contribution is 2.25. The summed E-state index contributed by atoms with van der Waals surface area (Å²) in [6.45, 7) is 10.9. The zero-order valence-electron chi connectivity index (χ0n) is 18.3. The molecule has 1 aromatic heterocycles. The lowest BCUT2D eigenvalue weighted by Crippen LogP contribution is -2.52. The molecular weight excluding hydrogens is 515 g/mol. The predicted molar refractivity (Wildman–Crippen MR) is 135 cm³/mol. The summed E-state index contributed by atoms with van der Waals surface area (Å²) in [5.74, 6) is 2.39. The summed E-state index contributed by atoms with van der Waals surface area (Å²) in [5.41, 5.74) is 0. The van der Waals surface area contributed by atoms with Crippen LogP contribution in [0.4, 0.5) is 5.82 Å². The molecule has 3 heterocycles. The lowest BCUT2D eigenvalue weighted by Gasteiger charge is -2.36. The van der Waals surface area contributed by atoms with Crippen molar-refractivity contribution >= 4 is 47.4 Å². The fraction of sp³-hybridized carbons (Fsp3) is 0.714. The summed E-state index contributed by atoms with van der Waals surface area (Å²) in [5, 5.41) is 7.85. The van der Waals surface area contributed by atoms with Gasteiger partial charge in [-0.25, -0.2) is 4.98 Å². The minimum Gasteiger partial charge on any atom is -0.379 e. The van der Waals surface area contributed by atoms with Gasteiger partial charge in [0.15, 0.2) is 5.96 Å². The highest BCUT2D eigenvalue weighted by Gasteiger charge is 2.26. The molecule has 0 bridgehead atoms. The second-order valence-corrected chi connectivity index (χ2v) is 8.68. The van der Waals surface area contributed by atoms with E-state index in [-0.39, 0.29) is 24.0 Å². The molecule has 2 unspecified atom stereocenters. The highest BCUT2D eigenvalue weighted by atomic mass is 127. The number of rotatable bonds is 7. The summed E-state index contributed by atoms with van der Waals surface area (Å²) in [6.07, 6.45) is 3.99. The fourth-order valence-electron chi connectivity index (χ4n) is 4.13. The lowest BCUT2D eigenvalue weighted by molar-refractivity contribution is 0.0132. The van der Waals surface area contributed by atoms with Gasteiger partial charge in [0.05, 0.1) is 18.2 Å². The zero-order valence-corrected chi connectivity index (χ0v) is 21.4. The molecule has 2 fully saturated rings. The van der Waals surface area contributed by atoms with E-state index in [1.54, 1.807) is 6.20 Å². The van der Waals surface area contributed by atoms with Gasteiger partial charge < -0.3 is 20.3 Å². The monoisotopic (exact) mass is 550 g/mol. The Hall–Kier alpha value is -0.840. The zero-order chi connectivity index (χ0) is 20.6. The largest absolute Gasteiger partial charge is 0.379 e. The normalized spacial score (nSPS) is 21.4. The Morgan fingerprint density at radius 1 is 1.33 bits per heavy atom. The van der Waals surface area contributed by atoms with Gasteiger partial charge in [-0.2, -0.15) is 0 Å². The molecule has 2 aliphatic rings. The first-order valence-corrected chi connectivity index (χ1v) is 11.1. The van der Waals surface area contributed by atoms with Gasteiger partial charge in [0.25, 0.3) is 0 Å². The van der Waals surface area contributed by atoms with Gasteiger partial charge in [-0.15, -0.1) is 24.0 Å². The van der Waals surface area contributed by atoms with Crippen LogP contribution in [0, 0.1) is 5.92 Å². The minimum atomic E-state index is 0. The van der Waals surface area contributed by atoms with E-state index in [9.17, 15) is 0 Å². The van der Waals surface area contributed by atoms with E-state index in [1.807, 2.05) is 19.2 Å². The standard InChI is InChI=1S/C21H35ClN6O.HI/c1-16(2)13-18(27-9-11-29-12-10-27)14-25-21(23-3)26-17-6-8-28(15-17)20-19(22)5-4-7-24-20;/h4-5,7,16-18H,6,8-15H2,1-3H3,(H2,23,25,26);1H. The molecule has 2 atom stereocenters. The summed E-state index contributed by atoms with van der Waals surface area (Å²) in [6, 6.07) is 4.58. The van der Waals surface area contributed by atoms with Crippen molar-refractivity contribution in [3.05, 3.63) is 23.4 Å². The summed E-state index contributed by atoms with van der Waals surface area (Å²) in [4.78, 5) is 13.7. The van der Waals surface area contributed by atoms with Crippen molar-refractivity contribution in [3.63, 3.8) is 0 Å². The molecule has 0 amide bonds. The Kier molecular flexibility index (Phi) is 10.9. The number of hydrogen-bond acceptors (Lipinski definition) is 5. The third-order valence-electron chi connectivity index (χ3n) is 5.60. The van der Waals surface area contributed by atoms with Gasteiger partial charge in [0.2, 0.25) is 0 Å². The Morgan fingerprint density at radius 2 is 2.10 bits per heavy atom. The number of aromatic nitrogens is 1. The molecule has 9 heteroatoms. The third-order valence-corrected chi connectivity index (χ3v) is 5.90. The smallest absolute Gasteiger partial charge is 0.191 e. The topological polar surface area (TPSA) is 65.0 Å². The molecule has 2 aliphatic heterocycles. The molecule has 0 saturated carbocycles. The van der Waals surface area contributed by atoms with Gasteiger partial charge in [0, 0.05) is 58.1 Å². The van der Waals surface area contributed by atoms with Crippen molar-refractivity contribution in [1.29, 1.82) is 0 Å². The maximum atomic E-state index is 6.31. The van der Waals surface area contributed by atoms with E-state index in [0.29, 0.717) is 23.0 Å². The second-order valence-electron chi connectivity index (χ2n) is 8.27. The number of halogens is 2. The summed E-state index contributed by atoms with van der Waals surface area (Å²) >= 11 is 6.31. The summed E-state index contributed by atoms with van der Waals surface area (Å²) < 4.78 is 5.53. The molecule has 0 aliphatic carbocycles. The quantitative estimate of drug-likeness (QED) is 0.309. The molecule has 1 aromatic rings. The number of aliphatic imine (C=N–C) groups is 1. The first-order valence-electron chi connectivity index (χ1n) is 10.7. The third kappa shape index (κ3) is 7.39. The van der Waals surface area contributed by atoms with Crippen LogP contribution in [0.5, 0.6) is 0 Å². The molecule has 7 nitrogen and oxygen atoms in total.